The maximum Gasteiger partial charge on any atom is 0.320 e. The summed E-state index contributed by atoms with van der Waals surface area (Å²) in [6.07, 6.45) is 3.48. The molecule has 2 amide bonds. The van der Waals surface area contributed by atoms with Gasteiger partial charge >= 0.3 is 6.03 Å². The van der Waals surface area contributed by atoms with Crippen LogP contribution in [-0.2, 0) is 0 Å². The largest absolute Gasteiger partial charge is 0.393 e. The minimum absolute atomic E-state index is 0.136. The quantitative estimate of drug-likeness (QED) is 0.732. The summed E-state index contributed by atoms with van der Waals surface area (Å²) < 4.78 is 0. The predicted octanol–water partition coefficient (Wildman–Crippen LogP) is 1.29. The highest BCUT2D eigenvalue weighted by Gasteiger charge is 2.36. The highest BCUT2D eigenvalue weighted by atomic mass is 16.3. The second-order valence-corrected chi connectivity index (χ2v) is 5.26. The lowest BCUT2D eigenvalue weighted by molar-refractivity contribution is 0.0311. The van der Waals surface area contributed by atoms with E-state index in [1.54, 1.807) is 4.90 Å². The van der Waals surface area contributed by atoms with Crippen LogP contribution < -0.4 is 0 Å². The molecule has 1 aliphatic heterocycles. The number of aliphatic hydroxyl groups is 1. The Balaban J connectivity index is 2.06. The Bertz CT molecular complexity index is 270. The van der Waals surface area contributed by atoms with Crippen LogP contribution in [0.2, 0.25) is 0 Å². The molecular formula is C12H22N2O2. The van der Waals surface area contributed by atoms with E-state index in [1.165, 1.54) is 0 Å². The first-order chi connectivity index (χ1) is 7.59. The second kappa shape index (κ2) is 4.62. The molecule has 1 N–H and O–H groups in total. The smallest absolute Gasteiger partial charge is 0.320 e. The van der Waals surface area contributed by atoms with Gasteiger partial charge in [0.2, 0.25) is 0 Å². The van der Waals surface area contributed by atoms with Gasteiger partial charge < -0.3 is 14.9 Å². The van der Waals surface area contributed by atoms with Crippen LogP contribution in [0.15, 0.2) is 0 Å². The summed E-state index contributed by atoms with van der Waals surface area (Å²) in [6, 6.07) is 0.371. The molecule has 0 aromatic rings. The molecule has 16 heavy (non-hydrogen) atoms. The van der Waals surface area contributed by atoms with Crippen LogP contribution in [0.25, 0.3) is 0 Å². The van der Waals surface area contributed by atoms with Gasteiger partial charge in [-0.25, -0.2) is 4.79 Å². The number of rotatable bonds is 1. The highest BCUT2D eigenvalue weighted by molar-refractivity contribution is 5.75. The summed E-state index contributed by atoms with van der Waals surface area (Å²) in [4.78, 5) is 15.8. The van der Waals surface area contributed by atoms with E-state index >= 15 is 0 Å². The number of carbonyl (C=O) groups excluding carboxylic acids is 1. The lowest BCUT2D eigenvalue weighted by Gasteiger charge is -2.44. The zero-order valence-corrected chi connectivity index (χ0v) is 10.2. The molecule has 0 radical (unpaired) electrons. The third kappa shape index (κ3) is 2.17. The predicted molar refractivity (Wildman–Crippen MR) is 62.2 cm³/mol. The van der Waals surface area contributed by atoms with Gasteiger partial charge in [0, 0.05) is 26.2 Å². The van der Waals surface area contributed by atoms with Crippen molar-refractivity contribution >= 4 is 6.03 Å². The summed E-state index contributed by atoms with van der Waals surface area (Å²) in [6.45, 7) is 3.91. The third-order valence-electron chi connectivity index (χ3n) is 3.99. The summed E-state index contributed by atoms with van der Waals surface area (Å²) in [5.41, 5.74) is 0. The maximum atomic E-state index is 12.0. The average Bonchev–Trinajstić information content (AvgIpc) is 2.26. The number of nitrogens with zero attached hydrogens (tertiary/aromatic N) is 2. The van der Waals surface area contributed by atoms with Crippen molar-refractivity contribution in [1.82, 2.24) is 9.80 Å². The lowest BCUT2D eigenvalue weighted by Crippen LogP contribution is -2.55. The summed E-state index contributed by atoms with van der Waals surface area (Å²) in [7, 11) is 1.86. The molecule has 92 valence electrons. The van der Waals surface area contributed by atoms with Crippen molar-refractivity contribution in [1.29, 1.82) is 0 Å². The zero-order valence-electron chi connectivity index (χ0n) is 10.2. The van der Waals surface area contributed by atoms with Crippen molar-refractivity contribution in [3.8, 4) is 0 Å². The normalized spacial score (nSPS) is 36.7. The summed E-state index contributed by atoms with van der Waals surface area (Å²) in [5, 5.41) is 9.73. The van der Waals surface area contributed by atoms with Gasteiger partial charge in [0.1, 0.15) is 0 Å². The minimum Gasteiger partial charge on any atom is -0.393 e. The Hall–Kier alpha value is -0.770. The molecule has 1 saturated heterocycles. The van der Waals surface area contributed by atoms with Crippen LogP contribution in [0.5, 0.6) is 0 Å². The Morgan fingerprint density at radius 2 is 2.06 bits per heavy atom. The van der Waals surface area contributed by atoms with Crippen molar-refractivity contribution in [2.45, 2.75) is 44.8 Å². The molecular weight excluding hydrogens is 204 g/mol. The van der Waals surface area contributed by atoms with Gasteiger partial charge in [0.25, 0.3) is 0 Å². The van der Waals surface area contributed by atoms with Gasteiger partial charge in [-0.3, -0.25) is 0 Å². The van der Waals surface area contributed by atoms with E-state index < -0.39 is 0 Å². The fraction of sp³-hybridized carbons (Fsp3) is 0.917. The number of hydrogen-bond acceptors (Lipinski definition) is 2. The molecule has 0 bridgehead atoms. The molecule has 4 nitrogen and oxygen atoms in total. The number of aliphatic hydroxyl groups excluding tert-OH is 1. The van der Waals surface area contributed by atoms with Gasteiger partial charge in [-0.2, -0.15) is 0 Å². The number of hydrogen-bond donors (Lipinski definition) is 1. The fourth-order valence-corrected chi connectivity index (χ4v) is 2.91. The molecule has 4 heteroatoms. The van der Waals surface area contributed by atoms with E-state index in [9.17, 15) is 9.90 Å². The van der Waals surface area contributed by atoms with Gasteiger partial charge in [0.15, 0.2) is 0 Å². The average molecular weight is 226 g/mol. The van der Waals surface area contributed by atoms with Crippen molar-refractivity contribution in [2.24, 2.45) is 5.92 Å². The monoisotopic (exact) mass is 226 g/mol. The molecule has 2 aliphatic rings. The lowest BCUT2D eigenvalue weighted by atomic mass is 9.83. The molecule has 2 rings (SSSR count). The molecule has 3 atom stereocenters. The first-order valence-corrected chi connectivity index (χ1v) is 6.29. The number of amides is 2. The third-order valence-corrected chi connectivity index (χ3v) is 3.99. The zero-order chi connectivity index (χ0) is 11.7. The Labute approximate surface area is 97.2 Å². The van der Waals surface area contributed by atoms with E-state index in [0.29, 0.717) is 5.92 Å². The molecule has 3 unspecified atom stereocenters. The van der Waals surface area contributed by atoms with Gasteiger partial charge in [-0.15, -0.1) is 0 Å². The van der Waals surface area contributed by atoms with E-state index in [4.69, 9.17) is 0 Å². The molecule has 1 heterocycles. The van der Waals surface area contributed by atoms with Crippen LogP contribution in [0, 0.1) is 5.92 Å². The molecule has 1 saturated carbocycles. The first-order valence-electron chi connectivity index (χ1n) is 6.29. The molecule has 0 aromatic heterocycles. The number of carbonyl (C=O) groups is 1. The van der Waals surface area contributed by atoms with Crippen LogP contribution in [0.1, 0.15) is 32.6 Å². The minimum atomic E-state index is -0.221. The van der Waals surface area contributed by atoms with Crippen LogP contribution in [-0.4, -0.2) is 53.2 Å². The van der Waals surface area contributed by atoms with Crippen LogP contribution in [0.3, 0.4) is 0 Å². The first kappa shape index (κ1) is 11.7. The van der Waals surface area contributed by atoms with Gasteiger partial charge in [-0.05, 0) is 31.6 Å². The number of urea groups is 1. The van der Waals surface area contributed by atoms with Crippen LogP contribution >= 0.6 is 0 Å². The van der Waals surface area contributed by atoms with E-state index in [-0.39, 0.29) is 18.2 Å². The summed E-state index contributed by atoms with van der Waals surface area (Å²) in [5.74, 6) is 0.513. The van der Waals surface area contributed by atoms with E-state index in [1.807, 2.05) is 11.9 Å². The molecule has 0 spiro atoms. The summed E-state index contributed by atoms with van der Waals surface area (Å²) >= 11 is 0. The molecule has 1 aliphatic carbocycles. The van der Waals surface area contributed by atoms with E-state index in [2.05, 4.69) is 6.92 Å². The van der Waals surface area contributed by atoms with Crippen molar-refractivity contribution < 1.29 is 9.90 Å². The SMILES string of the molecule is CC1CCC(O)CC1N1CCCN(C)C1=O. The Morgan fingerprint density at radius 3 is 2.81 bits per heavy atom. The Morgan fingerprint density at radius 1 is 1.31 bits per heavy atom. The standard InChI is InChI=1S/C12H22N2O2/c1-9-4-5-10(15)8-11(9)14-7-3-6-13(2)12(14)16/h9-11,15H,3-8H2,1-2H3. The van der Waals surface area contributed by atoms with Crippen molar-refractivity contribution in [3.05, 3.63) is 0 Å². The second-order valence-electron chi connectivity index (χ2n) is 5.26. The molecule has 0 aromatic carbocycles. The van der Waals surface area contributed by atoms with Gasteiger partial charge in [-0.1, -0.05) is 6.92 Å². The maximum absolute atomic E-state index is 12.0. The van der Waals surface area contributed by atoms with E-state index in [0.717, 1.165) is 38.8 Å². The topological polar surface area (TPSA) is 43.8 Å². The van der Waals surface area contributed by atoms with Gasteiger partial charge in [0.05, 0.1) is 6.10 Å². The van der Waals surface area contributed by atoms with Crippen molar-refractivity contribution in [2.75, 3.05) is 20.1 Å². The Kier molecular flexibility index (Phi) is 3.38. The van der Waals surface area contributed by atoms with Crippen molar-refractivity contribution in [3.63, 3.8) is 0 Å². The fourth-order valence-electron chi connectivity index (χ4n) is 2.91. The van der Waals surface area contributed by atoms with Crippen LogP contribution in [0.4, 0.5) is 4.79 Å². The molecule has 2 fully saturated rings. The highest BCUT2D eigenvalue weighted by Crippen LogP contribution is 2.30.